The van der Waals surface area contributed by atoms with Crippen molar-refractivity contribution in [3.8, 4) is 0 Å². The molecular weight excluding hydrogens is 206 g/mol. The van der Waals surface area contributed by atoms with Gasteiger partial charge in [-0.2, -0.15) is 0 Å². The highest BCUT2D eigenvalue weighted by atomic mass is 32.1. The van der Waals surface area contributed by atoms with Crippen molar-refractivity contribution in [3.63, 3.8) is 0 Å². The summed E-state index contributed by atoms with van der Waals surface area (Å²) in [5.74, 6) is -0.223. The van der Waals surface area contributed by atoms with Crippen LogP contribution in [0.25, 0.3) is 0 Å². The smallest absolute Gasteiger partial charge is 0.139 e. The summed E-state index contributed by atoms with van der Waals surface area (Å²) in [5.41, 5.74) is 6.72. The Morgan fingerprint density at radius 2 is 2.00 bits per heavy atom. The molecule has 1 rings (SSSR count). The monoisotopic (exact) mass is 221 g/mol. The van der Waals surface area contributed by atoms with E-state index < -0.39 is 0 Å². The van der Waals surface area contributed by atoms with Crippen LogP contribution < -0.4 is 5.73 Å². The van der Waals surface area contributed by atoms with E-state index in [1.807, 2.05) is 30.3 Å². The summed E-state index contributed by atoms with van der Waals surface area (Å²) in [7, 11) is 0. The first kappa shape index (κ1) is 11.9. The van der Waals surface area contributed by atoms with Crippen LogP contribution in [-0.2, 0) is 11.2 Å². The van der Waals surface area contributed by atoms with Crippen LogP contribution in [0.3, 0.4) is 0 Å². The number of thiocarbonyl (C=S) groups is 1. The molecule has 0 amide bonds. The third-order valence-electron chi connectivity index (χ3n) is 2.40. The second-order valence-electron chi connectivity index (χ2n) is 3.59. The summed E-state index contributed by atoms with van der Waals surface area (Å²) in [6, 6.07) is 10.0. The van der Waals surface area contributed by atoms with Crippen LogP contribution >= 0.6 is 12.2 Å². The molecule has 1 aromatic carbocycles. The van der Waals surface area contributed by atoms with Crippen molar-refractivity contribution in [1.82, 2.24) is 0 Å². The lowest BCUT2D eigenvalue weighted by atomic mass is 9.96. The number of Topliss-reactive ketones (excluding diaryl/α,β-unsaturated/α-hetero) is 1. The number of rotatable bonds is 5. The average molecular weight is 221 g/mol. The first-order valence-electron chi connectivity index (χ1n) is 4.95. The minimum atomic E-state index is -0.278. The summed E-state index contributed by atoms with van der Waals surface area (Å²) in [6.07, 6.45) is 1.54. The molecule has 3 heteroatoms. The molecule has 0 unspecified atom stereocenters. The zero-order valence-corrected chi connectivity index (χ0v) is 9.59. The highest BCUT2D eigenvalue weighted by Crippen LogP contribution is 2.11. The van der Waals surface area contributed by atoms with Gasteiger partial charge in [0.1, 0.15) is 5.78 Å². The highest BCUT2D eigenvalue weighted by Gasteiger charge is 2.16. The van der Waals surface area contributed by atoms with Crippen molar-refractivity contribution >= 4 is 23.0 Å². The van der Waals surface area contributed by atoms with Crippen LogP contribution in [0.2, 0.25) is 0 Å². The summed E-state index contributed by atoms with van der Waals surface area (Å²) in [4.78, 5) is 11.5. The largest absolute Gasteiger partial charge is 0.393 e. The number of benzene rings is 1. The van der Waals surface area contributed by atoms with Gasteiger partial charge in [-0.15, -0.1) is 0 Å². The summed E-state index contributed by atoms with van der Waals surface area (Å²) >= 11 is 4.87. The van der Waals surface area contributed by atoms with Crippen molar-refractivity contribution in [1.29, 1.82) is 0 Å². The molecule has 0 bridgehead atoms. The maximum Gasteiger partial charge on any atom is 0.139 e. The van der Waals surface area contributed by atoms with E-state index in [9.17, 15) is 4.79 Å². The van der Waals surface area contributed by atoms with Gasteiger partial charge in [-0.3, -0.25) is 4.79 Å². The van der Waals surface area contributed by atoms with E-state index in [0.29, 0.717) is 11.4 Å². The summed E-state index contributed by atoms with van der Waals surface area (Å²) < 4.78 is 0. The molecule has 0 spiro atoms. The molecule has 1 aromatic rings. The van der Waals surface area contributed by atoms with E-state index in [4.69, 9.17) is 18.0 Å². The Kier molecular flexibility index (Phi) is 4.43. The van der Waals surface area contributed by atoms with E-state index in [2.05, 4.69) is 0 Å². The lowest BCUT2D eigenvalue weighted by Crippen LogP contribution is -2.27. The molecule has 0 aliphatic heterocycles. The van der Waals surface area contributed by atoms with E-state index in [1.54, 1.807) is 0 Å². The Labute approximate surface area is 95.5 Å². The molecule has 0 heterocycles. The quantitative estimate of drug-likeness (QED) is 0.774. The van der Waals surface area contributed by atoms with Crippen molar-refractivity contribution in [2.45, 2.75) is 19.8 Å². The second kappa shape index (κ2) is 5.61. The van der Waals surface area contributed by atoms with Gasteiger partial charge in [0.15, 0.2) is 0 Å². The lowest BCUT2D eigenvalue weighted by molar-refractivity contribution is -0.118. The van der Waals surface area contributed by atoms with Crippen LogP contribution in [-0.4, -0.2) is 10.8 Å². The van der Waals surface area contributed by atoms with Crippen LogP contribution in [0, 0.1) is 5.92 Å². The van der Waals surface area contributed by atoms with Crippen LogP contribution in [0.5, 0.6) is 0 Å². The molecule has 0 aromatic heterocycles. The molecule has 2 N–H and O–H groups in total. The molecule has 0 saturated heterocycles. The predicted octanol–water partition coefficient (Wildman–Crippen LogP) is 2.11. The standard InChI is InChI=1S/C12H15NOS/c1-9(14)11(12(13)15)8-7-10-5-3-2-4-6-10/h2-6,11H,7-8H2,1H3,(H2,13,15)/t11-/m0/s1. The fraction of sp³-hybridized carbons (Fsp3) is 0.333. The zero-order valence-electron chi connectivity index (χ0n) is 8.77. The summed E-state index contributed by atoms with van der Waals surface area (Å²) in [6.45, 7) is 1.54. The number of hydrogen-bond acceptors (Lipinski definition) is 2. The minimum Gasteiger partial charge on any atom is -0.393 e. The van der Waals surface area contributed by atoms with Gasteiger partial charge in [0.2, 0.25) is 0 Å². The van der Waals surface area contributed by atoms with Gasteiger partial charge in [0.25, 0.3) is 0 Å². The van der Waals surface area contributed by atoms with Gasteiger partial charge in [0, 0.05) is 0 Å². The van der Waals surface area contributed by atoms with E-state index in [-0.39, 0.29) is 11.7 Å². The molecule has 0 radical (unpaired) electrons. The topological polar surface area (TPSA) is 43.1 Å². The maximum atomic E-state index is 11.2. The van der Waals surface area contributed by atoms with Gasteiger partial charge >= 0.3 is 0 Å². The SMILES string of the molecule is CC(=O)[C@H](CCc1ccccc1)C(N)=S. The minimum absolute atomic E-state index is 0.0541. The van der Waals surface area contributed by atoms with Crippen molar-refractivity contribution in [2.24, 2.45) is 11.7 Å². The fourth-order valence-corrected chi connectivity index (χ4v) is 1.79. The van der Waals surface area contributed by atoms with Crippen LogP contribution in [0.4, 0.5) is 0 Å². The second-order valence-corrected chi connectivity index (χ2v) is 4.06. The normalized spacial score (nSPS) is 12.1. The van der Waals surface area contributed by atoms with Crippen molar-refractivity contribution < 1.29 is 4.79 Å². The Balaban J connectivity index is 2.55. The molecule has 0 aliphatic rings. The molecule has 15 heavy (non-hydrogen) atoms. The first-order chi connectivity index (χ1) is 7.11. The van der Waals surface area contributed by atoms with Gasteiger partial charge in [0.05, 0.1) is 10.9 Å². The molecule has 80 valence electrons. The Bertz CT molecular complexity index is 334. The van der Waals surface area contributed by atoms with Gasteiger partial charge < -0.3 is 5.73 Å². The average Bonchev–Trinajstić information content (AvgIpc) is 2.18. The third-order valence-corrected chi connectivity index (χ3v) is 2.68. The predicted molar refractivity (Wildman–Crippen MR) is 65.7 cm³/mol. The molecule has 2 nitrogen and oxygen atoms in total. The van der Waals surface area contributed by atoms with Gasteiger partial charge in [-0.05, 0) is 25.3 Å². The number of hydrogen-bond donors (Lipinski definition) is 1. The highest BCUT2D eigenvalue weighted by molar-refractivity contribution is 7.80. The third kappa shape index (κ3) is 3.80. The van der Waals surface area contributed by atoms with Gasteiger partial charge in [-0.25, -0.2) is 0 Å². The Morgan fingerprint density at radius 3 is 2.47 bits per heavy atom. The first-order valence-corrected chi connectivity index (χ1v) is 5.36. The molecule has 1 atom stereocenters. The molecular formula is C12H15NOS. The fourth-order valence-electron chi connectivity index (χ4n) is 1.50. The lowest BCUT2D eigenvalue weighted by Gasteiger charge is -2.11. The number of carbonyl (C=O) groups is 1. The number of aryl methyl sites for hydroxylation is 1. The maximum absolute atomic E-state index is 11.2. The molecule has 0 fully saturated rings. The Morgan fingerprint density at radius 1 is 1.40 bits per heavy atom. The van der Waals surface area contributed by atoms with Crippen molar-refractivity contribution in [3.05, 3.63) is 35.9 Å². The van der Waals surface area contributed by atoms with E-state index in [0.717, 1.165) is 6.42 Å². The number of nitrogens with two attached hydrogens (primary N) is 1. The molecule has 0 aliphatic carbocycles. The number of ketones is 1. The Hall–Kier alpha value is -1.22. The van der Waals surface area contributed by atoms with E-state index >= 15 is 0 Å². The van der Waals surface area contributed by atoms with Crippen molar-refractivity contribution in [2.75, 3.05) is 0 Å². The zero-order chi connectivity index (χ0) is 11.3. The van der Waals surface area contributed by atoms with Crippen LogP contribution in [0.1, 0.15) is 18.9 Å². The van der Waals surface area contributed by atoms with Crippen LogP contribution in [0.15, 0.2) is 30.3 Å². The summed E-state index contributed by atoms with van der Waals surface area (Å²) in [5, 5.41) is 0. The molecule has 0 saturated carbocycles. The van der Waals surface area contributed by atoms with E-state index in [1.165, 1.54) is 12.5 Å². The van der Waals surface area contributed by atoms with Gasteiger partial charge in [-0.1, -0.05) is 42.5 Å². The number of carbonyl (C=O) groups excluding carboxylic acids is 1.